The van der Waals surface area contributed by atoms with E-state index in [9.17, 15) is 9.32 Å². The molecule has 4 N–H and O–H groups in total. The van der Waals surface area contributed by atoms with E-state index in [1.54, 1.807) is 17.5 Å². The molecule has 7 heteroatoms. The first kappa shape index (κ1) is 11.9. The van der Waals surface area contributed by atoms with Crippen LogP contribution in [0.2, 0.25) is 0 Å². The number of hydrogen-bond donors (Lipinski definition) is 3. The van der Waals surface area contributed by atoms with Crippen molar-refractivity contribution in [1.82, 2.24) is 0 Å². The van der Waals surface area contributed by atoms with Crippen LogP contribution in [0, 0.1) is 0 Å². The van der Waals surface area contributed by atoms with Crippen molar-refractivity contribution in [2.75, 3.05) is 5.73 Å². The van der Waals surface area contributed by atoms with Gasteiger partial charge in [0.2, 0.25) is 0 Å². The lowest BCUT2D eigenvalue weighted by atomic mass is 10.1. The lowest BCUT2D eigenvalue weighted by molar-refractivity contribution is 0.458. The van der Waals surface area contributed by atoms with Gasteiger partial charge in [-0.3, -0.25) is 4.55 Å². The lowest BCUT2D eigenvalue weighted by Gasteiger charge is -2.03. The first-order chi connectivity index (χ1) is 8.08. The normalized spacial score (nSPS) is 12.3. The molecule has 1 heterocycles. The Morgan fingerprint density at radius 1 is 1.29 bits per heavy atom. The van der Waals surface area contributed by atoms with Gasteiger partial charge in [0.25, 0.3) is 0 Å². The zero-order valence-electron chi connectivity index (χ0n) is 8.49. The minimum absolute atomic E-state index is 0.118. The van der Waals surface area contributed by atoms with Crippen molar-refractivity contribution < 1.29 is 18.1 Å². The third kappa shape index (κ3) is 2.57. The molecule has 0 aliphatic rings. The van der Waals surface area contributed by atoms with Crippen molar-refractivity contribution in [3.05, 3.63) is 29.6 Å². The molecular formula is C10H9NO4S2. The van der Waals surface area contributed by atoms with E-state index < -0.39 is 11.4 Å². The van der Waals surface area contributed by atoms with E-state index in [0.29, 0.717) is 10.6 Å². The van der Waals surface area contributed by atoms with Crippen LogP contribution in [0.15, 0.2) is 29.6 Å². The average molecular weight is 271 g/mol. The van der Waals surface area contributed by atoms with Gasteiger partial charge < -0.3 is 15.0 Å². The lowest BCUT2D eigenvalue weighted by Crippen LogP contribution is -1.96. The van der Waals surface area contributed by atoms with Crippen molar-refractivity contribution in [2.45, 2.75) is 0 Å². The molecule has 1 aromatic carbocycles. The predicted molar refractivity (Wildman–Crippen MR) is 67.2 cm³/mol. The molecule has 0 saturated carbocycles. The third-order valence-electron chi connectivity index (χ3n) is 2.11. The zero-order chi connectivity index (χ0) is 12.4. The highest BCUT2D eigenvalue weighted by Gasteiger charge is 2.11. The highest BCUT2D eigenvalue weighted by molar-refractivity contribution is 7.74. The fraction of sp³-hybridized carbons (Fsp3) is 0. The van der Waals surface area contributed by atoms with Gasteiger partial charge in [0.1, 0.15) is 11.5 Å². The van der Waals surface area contributed by atoms with E-state index in [1.165, 1.54) is 23.5 Å². The second-order valence-corrected chi connectivity index (χ2v) is 4.70. The molecule has 0 spiro atoms. The van der Waals surface area contributed by atoms with E-state index in [1.807, 2.05) is 0 Å². The second kappa shape index (κ2) is 4.74. The summed E-state index contributed by atoms with van der Waals surface area (Å²) >= 11 is -1.09. The molecule has 0 amide bonds. The van der Waals surface area contributed by atoms with Gasteiger partial charge in [0.15, 0.2) is 0 Å². The number of benzene rings is 1. The molecule has 0 saturated heterocycles. The number of hydrogen-bond acceptors (Lipinski definition) is 5. The van der Waals surface area contributed by atoms with Crippen LogP contribution in [0.3, 0.4) is 0 Å². The largest absolute Gasteiger partial charge is 0.506 e. The molecule has 1 aromatic heterocycles. The van der Waals surface area contributed by atoms with Crippen molar-refractivity contribution in [3.63, 3.8) is 0 Å². The molecule has 90 valence electrons. The van der Waals surface area contributed by atoms with E-state index in [0.717, 1.165) is 5.56 Å². The summed E-state index contributed by atoms with van der Waals surface area (Å²) in [6.45, 7) is 0. The molecule has 1 atom stereocenters. The predicted octanol–water partition coefficient (Wildman–Crippen LogP) is 2.22. The number of nitrogen functional groups attached to an aromatic ring is 1. The Morgan fingerprint density at radius 3 is 2.41 bits per heavy atom. The van der Waals surface area contributed by atoms with Crippen LogP contribution in [0.4, 0.5) is 5.00 Å². The SMILES string of the molecule is Nc1scc(O)c1-c1ccc(OS(=O)O)cc1. The summed E-state index contributed by atoms with van der Waals surface area (Å²) in [5, 5.41) is 11.7. The molecule has 0 radical (unpaired) electrons. The molecule has 0 aliphatic heterocycles. The highest BCUT2D eigenvalue weighted by Crippen LogP contribution is 2.39. The van der Waals surface area contributed by atoms with Crippen LogP contribution in [-0.2, 0) is 11.4 Å². The summed E-state index contributed by atoms with van der Waals surface area (Å²) in [6.07, 6.45) is 0. The van der Waals surface area contributed by atoms with Crippen molar-refractivity contribution in [1.29, 1.82) is 0 Å². The quantitative estimate of drug-likeness (QED) is 0.744. The molecule has 0 fully saturated rings. The maximum Gasteiger partial charge on any atom is 0.357 e. The summed E-state index contributed by atoms with van der Waals surface area (Å²) in [6, 6.07) is 6.36. The van der Waals surface area contributed by atoms with Gasteiger partial charge in [0, 0.05) is 5.38 Å². The molecule has 1 unspecified atom stereocenters. The minimum Gasteiger partial charge on any atom is -0.506 e. The summed E-state index contributed by atoms with van der Waals surface area (Å²) in [5.74, 6) is 0.384. The second-order valence-electron chi connectivity index (χ2n) is 3.19. The minimum atomic E-state index is -2.34. The van der Waals surface area contributed by atoms with E-state index in [2.05, 4.69) is 4.18 Å². The molecule has 2 aromatic rings. The first-order valence-electron chi connectivity index (χ1n) is 4.53. The smallest absolute Gasteiger partial charge is 0.357 e. The van der Waals surface area contributed by atoms with E-state index in [4.69, 9.17) is 10.3 Å². The number of nitrogens with two attached hydrogens (primary N) is 1. The number of aromatic hydroxyl groups is 1. The summed E-state index contributed by atoms with van der Waals surface area (Å²) in [5.41, 5.74) is 7.01. The topological polar surface area (TPSA) is 92.8 Å². The zero-order valence-corrected chi connectivity index (χ0v) is 10.1. The Balaban J connectivity index is 2.33. The average Bonchev–Trinajstić information content (AvgIpc) is 2.59. The summed E-state index contributed by atoms with van der Waals surface area (Å²) in [4.78, 5) is 0. The molecule has 5 nitrogen and oxygen atoms in total. The van der Waals surface area contributed by atoms with E-state index >= 15 is 0 Å². The fourth-order valence-electron chi connectivity index (χ4n) is 1.41. The van der Waals surface area contributed by atoms with Crippen LogP contribution in [0.1, 0.15) is 0 Å². The van der Waals surface area contributed by atoms with Gasteiger partial charge in [-0.1, -0.05) is 12.1 Å². The summed E-state index contributed by atoms with van der Waals surface area (Å²) in [7, 11) is 0. The van der Waals surface area contributed by atoms with Crippen LogP contribution < -0.4 is 9.92 Å². The first-order valence-corrected chi connectivity index (χ1v) is 6.44. The Kier molecular flexibility index (Phi) is 3.32. The van der Waals surface area contributed by atoms with Crippen molar-refractivity contribution in [3.8, 4) is 22.6 Å². The van der Waals surface area contributed by atoms with Gasteiger partial charge >= 0.3 is 11.4 Å². The van der Waals surface area contributed by atoms with Gasteiger partial charge in [0.05, 0.1) is 10.6 Å². The van der Waals surface area contributed by atoms with E-state index in [-0.39, 0.29) is 11.5 Å². The monoisotopic (exact) mass is 271 g/mol. The molecule has 0 bridgehead atoms. The van der Waals surface area contributed by atoms with Crippen molar-refractivity contribution in [2.24, 2.45) is 0 Å². The van der Waals surface area contributed by atoms with Crippen LogP contribution in [-0.4, -0.2) is 13.9 Å². The Morgan fingerprint density at radius 2 is 1.94 bits per heavy atom. The number of thiophene rings is 1. The van der Waals surface area contributed by atoms with Gasteiger partial charge in [-0.15, -0.1) is 11.3 Å². The molecular weight excluding hydrogens is 262 g/mol. The fourth-order valence-corrected chi connectivity index (χ4v) is 2.39. The number of anilines is 1. The molecule has 17 heavy (non-hydrogen) atoms. The Hall–Kier alpha value is -1.57. The standard InChI is InChI=1S/C10H9NO4S2/c11-10-9(8(12)5-16-10)6-1-3-7(4-2-6)15-17(13)14/h1-5,12H,11H2,(H,13,14). The third-order valence-corrected chi connectivity index (χ3v) is 3.24. The Labute approximate surface area is 104 Å². The van der Waals surface area contributed by atoms with Crippen LogP contribution >= 0.6 is 11.3 Å². The van der Waals surface area contributed by atoms with Gasteiger partial charge in [-0.25, -0.2) is 0 Å². The maximum absolute atomic E-state index is 10.4. The van der Waals surface area contributed by atoms with Crippen molar-refractivity contribution >= 4 is 27.7 Å². The highest BCUT2D eigenvalue weighted by atomic mass is 32.2. The van der Waals surface area contributed by atoms with Crippen LogP contribution in [0.5, 0.6) is 11.5 Å². The van der Waals surface area contributed by atoms with Gasteiger partial charge in [-0.2, -0.15) is 4.21 Å². The van der Waals surface area contributed by atoms with Crippen LogP contribution in [0.25, 0.3) is 11.1 Å². The molecule has 0 aliphatic carbocycles. The maximum atomic E-state index is 10.4. The number of rotatable bonds is 3. The summed E-state index contributed by atoms with van der Waals surface area (Å²) < 4.78 is 23.5. The Bertz CT molecular complexity index is 530. The molecule has 2 rings (SSSR count). The van der Waals surface area contributed by atoms with Gasteiger partial charge in [-0.05, 0) is 17.7 Å².